The predicted molar refractivity (Wildman–Crippen MR) is 149 cm³/mol. The summed E-state index contributed by atoms with van der Waals surface area (Å²) in [5.41, 5.74) is 2.39. The van der Waals surface area contributed by atoms with E-state index in [4.69, 9.17) is 15.1 Å². The number of halogens is 1. The zero-order valence-electron chi connectivity index (χ0n) is 23.3. The van der Waals surface area contributed by atoms with Crippen molar-refractivity contribution in [3.05, 3.63) is 41.6 Å². The Kier molecular flexibility index (Phi) is 7.68. The molecule has 0 unspecified atom stereocenters. The predicted octanol–water partition coefficient (Wildman–Crippen LogP) is 5.86. The Labute approximate surface area is 225 Å². The van der Waals surface area contributed by atoms with Crippen molar-refractivity contribution < 1.29 is 9.18 Å². The van der Waals surface area contributed by atoms with E-state index >= 15 is 0 Å². The fourth-order valence-electron chi connectivity index (χ4n) is 5.88. The normalized spacial score (nSPS) is 17.7. The first-order chi connectivity index (χ1) is 18.2. The maximum absolute atomic E-state index is 13.7. The molecule has 2 aliphatic rings. The largest absolute Gasteiger partial charge is 0.354 e. The number of hydrogen-bond acceptors (Lipinski definition) is 5. The average Bonchev–Trinajstić information content (AvgIpc) is 3.03. The Balaban J connectivity index is 1.51. The molecular weight excluding hydrogens is 479 g/mol. The van der Waals surface area contributed by atoms with Gasteiger partial charge in [-0.15, -0.1) is 0 Å². The molecule has 7 nitrogen and oxygen atoms in total. The second kappa shape index (κ2) is 11.0. The molecule has 0 radical (unpaired) electrons. The van der Waals surface area contributed by atoms with Crippen LogP contribution in [0.1, 0.15) is 77.2 Å². The minimum absolute atomic E-state index is 0.0258. The molecule has 0 N–H and O–H groups in total. The SMILES string of the molecule is Cc1nn(-c2ccc(F)cc2)c2nc(CC3CCCCC3)nc(N3CCCN(C(=O)CC(C)(C)C)CC3)c12. The zero-order valence-corrected chi connectivity index (χ0v) is 23.3. The van der Waals surface area contributed by atoms with E-state index in [1.807, 2.05) is 16.5 Å². The highest BCUT2D eigenvalue weighted by molar-refractivity contribution is 5.91. The third-order valence-corrected chi connectivity index (χ3v) is 7.83. The molecular formula is C30H41FN6O. The first kappa shape index (κ1) is 26.6. The van der Waals surface area contributed by atoms with Crippen molar-refractivity contribution in [3.63, 3.8) is 0 Å². The molecule has 0 spiro atoms. The van der Waals surface area contributed by atoms with E-state index in [9.17, 15) is 9.18 Å². The standard InChI is InChI=1S/C30H41FN6O/c1-21-27-28(36-16-8-15-35(17-18-36)26(38)20-30(2,3)4)32-25(19-22-9-6-5-7-10-22)33-29(27)37(34-21)24-13-11-23(31)12-14-24/h11-14,22H,5-10,15-20H2,1-4H3. The summed E-state index contributed by atoms with van der Waals surface area (Å²) in [6.45, 7) is 11.3. The fourth-order valence-corrected chi connectivity index (χ4v) is 5.88. The number of aryl methyl sites for hydroxylation is 1. The number of nitrogens with zero attached hydrogens (tertiary/aromatic N) is 6. The van der Waals surface area contributed by atoms with Gasteiger partial charge in [-0.3, -0.25) is 4.79 Å². The molecule has 1 saturated heterocycles. The van der Waals surface area contributed by atoms with Crippen LogP contribution in [0.25, 0.3) is 16.7 Å². The van der Waals surface area contributed by atoms with Crippen LogP contribution >= 0.6 is 0 Å². The van der Waals surface area contributed by atoms with Gasteiger partial charge in [0.2, 0.25) is 5.91 Å². The lowest BCUT2D eigenvalue weighted by atomic mass is 9.87. The quantitative estimate of drug-likeness (QED) is 0.422. The molecule has 2 aromatic heterocycles. The van der Waals surface area contributed by atoms with Crippen LogP contribution in [0.15, 0.2) is 24.3 Å². The molecule has 3 heterocycles. The first-order valence-electron chi connectivity index (χ1n) is 14.2. The number of benzene rings is 1. The number of anilines is 1. The molecule has 0 atom stereocenters. The van der Waals surface area contributed by atoms with Gasteiger partial charge in [0, 0.05) is 39.0 Å². The molecule has 2 fully saturated rings. The fraction of sp³-hybridized carbons (Fsp3) is 0.600. The molecule has 204 valence electrons. The van der Waals surface area contributed by atoms with Crippen molar-refractivity contribution in [2.24, 2.45) is 11.3 Å². The Bertz CT molecular complexity index is 1270. The highest BCUT2D eigenvalue weighted by Gasteiger charge is 2.27. The Morgan fingerprint density at radius 3 is 2.42 bits per heavy atom. The summed E-state index contributed by atoms with van der Waals surface area (Å²) in [6.07, 6.45) is 8.62. The van der Waals surface area contributed by atoms with E-state index in [1.165, 1.54) is 44.2 Å². The molecule has 8 heteroatoms. The zero-order chi connectivity index (χ0) is 26.9. The van der Waals surface area contributed by atoms with Crippen molar-refractivity contribution in [1.29, 1.82) is 0 Å². The smallest absolute Gasteiger partial charge is 0.223 e. The monoisotopic (exact) mass is 520 g/mol. The van der Waals surface area contributed by atoms with Gasteiger partial charge >= 0.3 is 0 Å². The van der Waals surface area contributed by atoms with Crippen molar-refractivity contribution in [3.8, 4) is 5.69 Å². The second-order valence-corrected chi connectivity index (χ2v) is 12.3. The molecule has 38 heavy (non-hydrogen) atoms. The van der Waals surface area contributed by atoms with Crippen LogP contribution in [0.5, 0.6) is 0 Å². The van der Waals surface area contributed by atoms with Crippen molar-refractivity contribution >= 4 is 22.8 Å². The Morgan fingerprint density at radius 1 is 0.974 bits per heavy atom. The first-order valence-corrected chi connectivity index (χ1v) is 14.2. The summed E-state index contributed by atoms with van der Waals surface area (Å²) in [6, 6.07) is 6.41. The third kappa shape index (κ3) is 6.00. The van der Waals surface area contributed by atoms with Crippen molar-refractivity contribution in [2.75, 3.05) is 31.1 Å². The van der Waals surface area contributed by atoms with Gasteiger partial charge in [-0.05, 0) is 48.9 Å². The minimum Gasteiger partial charge on any atom is -0.354 e. The molecule has 1 aliphatic carbocycles. The maximum atomic E-state index is 13.7. The van der Waals surface area contributed by atoms with Crippen molar-refractivity contribution in [2.45, 2.75) is 79.1 Å². The summed E-state index contributed by atoms with van der Waals surface area (Å²) in [4.78, 5) is 27.5. The van der Waals surface area contributed by atoms with Gasteiger partial charge in [0.25, 0.3) is 0 Å². The van der Waals surface area contributed by atoms with Gasteiger partial charge < -0.3 is 9.80 Å². The summed E-state index contributed by atoms with van der Waals surface area (Å²) in [5.74, 6) is 2.33. The third-order valence-electron chi connectivity index (χ3n) is 7.83. The maximum Gasteiger partial charge on any atom is 0.223 e. The van der Waals surface area contributed by atoms with Crippen LogP contribution < -0.4 is 4.90 Å². The number of carbonyl (C=O) groups is 1. The lowest BCUT2D eigenvalue weighted by molar-refractivity contribution is -0.132. The minimum atomic E-state index is -0.273. The van der Waals surface area contributed by atoms with Crippen molar-refractivity contribution in [1.82, 2.24) is 24.6 Å². The van der Waals surface area contributed by atoms with Gasteiger partial charge in [0.15, 0.2) is 5.65 Å². The summed E-state index contributed by atoms with van der Waals surface area (Å²) in [5, 5.41) is 5.78. The van der Waals surface area contributed by atoms with E-state index in [2.05, 4.69) is 25.7 Å². The van der Waals surface area contributed by atoms with Crippen LogP contribution in [0.4, 0.5) is 10.2 Å². The molecule has 1 aliphatic heterocycles. The Hall–Kier alpha value is -3.03. The van der Waals surface area contributed by atoms with Crippen LogP contribution in [0.3, 0.4) is 0 Å². The number of amides is 1. The van der Waals surface area contributed by atoms with E-state index in [0.717, 1.165) is 66.5 Å². The van der Waals surface area contributed by atoms with Gasteiger partial charge in [0.05, 0.1) is 16.8 Å². The number of hydrogen-bond donors (Lipinski definition) is 0. The number of aromatic nitrogens is 4. The average molecular weight is 521 g/mol. The van der Waals surface area contributed by atoms with E-state index in [1.54, 1.807) is 12.1 Å². The lowest BCUT2D eigenvalue weighted by Gasteiger charge is -2.26. The summed E-state index contributed by atoms with van der Waals surface area (Å²) < 4.78 is 15.5. The van der Waals surface area contributed by atoms with Crippen LogP contribution in [0.2, 0.25) is 0 Å². The number of fused-ring (bicyclic) bond motifs is 1. The number of carbonyl (C=O) groups excluding carboxylic acids is 1. The van der Waals surface area contributed by atoms with Gasteiger partial charge in [-0.1, -0.05) is 52.9 Å². The lowest BCUT2D eigenvalue weighted by Crippen LogP contribution is -2.37. The van der Waals surface area contributed by atoms with Gasteiger partial charge in [-0.25, -0.2) is 19.0 Å². The summed E-state index contributed by atoms with van der Waals surface area (Å²) in [7, 11) is 0. The van der Waals surface area contributed by atoms with E-state index in [0.29, 0.717) is 18.9 Å². The molecule has 3 aromatic rings. The molecule has 1 saturated carbocycles. The molecule has 5 rings (SSSR count). The molecule has 1 amide bonds. The topological polar surface area (TPSA) is 67.2 Å². The van der Waals surface area contributed by atoms with Crippen LogP contribution in [0, 0.1) is 24.1 Å². The second-order valence-electron chi connectivity index (χ2n) is 12.3. The summed E-state index contributed by atoms with van der Waals surface area (Å²) >= 11 is 0. The highest BCUT2D eigenvalue weighted by atomic mass is 19.1. The van der Waals surface area contributed by atoms with Crippen LogP contribution in [-0.4, -0.2) is 56.7 Å². The molecule has 0 bridgehead atoms. The van der Waals surface area contributed by atoms with E-state index in [-0.39, 0.29) is 17.1 Å². The van der Waals surface area contributed by atoms with Crippen LogP contribution in [-0.2, 0) is 11.2 Å². The molecule has 1 aromatic carbocycles. The highest BCUT2D eigenvalue weighted by Crippen LogP contribution is 2.32. The van der Waals surface area contributed by atoms with E-state index < -0.39 is 0 Å². The van der Waals surface area contributed by atoms with Gasteiger partial charge in [0.1, 0.15) is 17.5 Å². The Morgan fingerprint density at radius 2 is 1.71 bits per heavy atom. The number of rotatable bonds is 5. The van der Waals surface area contributed by atoms with Gasteiger partial charge in [-0.2, -0.15) is 5.10 Å².